The molecule has 14 heteroatoms. The van der Waals surface area contributed by atoms with Gasteiger partial charge in [0.15, 0.2) is 0 Å². The number of nitrogens with two attached hydrogens (primary N) is 1. The summed E-state index contributed by atoms with van der Waals surface area (Å²) in [5.74, 6) is -3.14. The molecule has 0 saturated heterocycles. The number of H-pyrrole nitrogens is 3. The summed E-state index contributed by atoms with van der Waals surface area (Å²) in [7, 11) is 0. The summed E-state index contributed by atoms with van der Waals surface area (Å²) in [6.07, 6.45) is 7.99. The molecule has 0 aliphatic carbocycles. The molecule has 3 heterocycles. The molecule has 14 nitrogen and oxygen atoms in total. The summed E-state index contributed by atoms with van der Waals surface area (Å²) in [4.78, 5) is 67.0. The zero-order valence-corrected chi connectivity index (χ0v) is 20.8. The molecule has 0 spiro atoms. The second-order valence-electron chi connectivity index (χ2n) is 8.97. The minimum Gasteiger partial charge on any atom is -0.480 e. The van der Waals surface area contributed by atoms with Crippen molar-refractivity contribution in [3.05, 3.63) is 72.5 Å². The fourth-order valence-electron chi connectivity index (χ4n) is 4.12. The van der Waals surface area contributed by atoms with Crippen LogP contribution in [0.5, 0.6) is 0 Å². The van der Waals surface area contributed by atoms with Gasteiger partial charge in [-0.15, -0.1) is 0 Å². The second kappa shape index (κ2) is 12.5. The number of amides is 3. The van der Waals surface area contributed by atoms with Gasteiger partial charge in [0.05, 0.1) is 18.7 Å². The van der Waals surface area contributed by atoms with Gasteiger partial charge in [-0.05, 0) is 11.6 Å². The van der Waals surface area contributed by atoms with Crippen molar-refractivity contribution >= 4 is 34.6 Å². The lowest BCUT2D eigenvalue weighted by atomic mass is 10.0. The number of aliphatic carboxylic acids is 1. The maximum atomic E-state index is 13.5. The third-order valence-electron chi connectivity index (χ3n) is 6.09. The van der Waals surface area contributed by atoms with Crippen molar-refractivity contribution in [2.75, 3.05) is 6.54 Å². The van der Waals surface area contributed by atoms with Gasteiger partial charge in [0.25, 0.3) is 0 Å². The number of rotatable bonds is 13. The molecule has 0 saturated carbocycles. The SMILES string of the molecule is NC(Cc1cnc[nH]1)C(=O)NC(Cc1c[nH]c2ccccc12)C(=O)NC(Cc1cnc[nH]1)C(=O)NCC(=O)O. The highest BCUT2D eigenvalue weighted by Gasteiger charge is 2.30. The van der Waals surface area contributed by atoms with Gasteiger partial charge in [-0.1, -0.05) is 18.2 Å². The summed E-state index contributed by atoms with van der Waals surface area (Å²) in [5, 5.41) is 17.5. The average Bonchev–Trinajstić information content (AvgIpc) is 3.69. The number of hydrogen-bond donors (Lipinski definition) is 8. The Kier molecular flexibility index (Phi) is 8.68. The number of carboxylic acids is 1. The van der Waals surface area contributed by atoms with E-state index in [4.69, 9.17) is 10.8 Å². The Morgan fingerprint density at radius 3 is 2.15 bits per heavy atom. The molecule has 0 aliphatic heterocycles. The van der Waals surface area contributed by atoms with Crippen molar-refractivity contribution in [2.45, 2.75) is 37.4 Å². The molecule has 0 radical (unpaired) electrons. The molecule has 3 aromatic heterocycles. The molecular formula is C25H29N9O5. The summed E-state index contributed by atoms with van der Waals surface area (Å²) < 4.78 is 0. The molecule has 0 bridgehead atoms. The molecule has 0 fully saturated rings. The highest BCUT2D eigenvalue weighted by atomic mass is 16.4. The average molecular weight is 536 g/mol. The van der Waals surface area contributed by atoms with Crippen LogP contribution in [0.15, 0.2) is 55.5 Å². The van der Waals surface area contributed by atoms with Gasteiger partial charge < -0.3 is 41.7 Å². The number of fused-ring (bicyclic) bond motifs is 1. The number of para-hydroxylation sites is 1. The topological polar surface area (TPSA) is 224 Å². The quantitative estimate of drug-likeness (QED) is 0.107. The number of carbonyl (C=O) groups excluding carboxylic acids is 3. The van der Waals surface area contributed by atoms with E-state index < -0.39 is 48.4 Å². The first-order valence-corrected chi connectivity index (χ1v) is 12.2. The van der Waals surface area contributed by atoms with Gasteiger partial charge in [-0.2, -0.15) is 0 Å². The summed E-state index contributed by atoms with van der Waals surface area (Å²) in [6.45, 7) is -0.619. The number of hydrogen-bond acceptors (Lipinski definition) is 7. The highest BCUT2D eigenvalue weighted by molar-refractivity contribution is 5.94. The number of carboxylic acid groups (broad SMARTS) is 1. The van der Waals surface area contributed by atoms with Crippen molar-refractivity contribution in [3.63, 3.8) is 0 Å². The number of carbonyl (C=O) groups is 4. The third kappa shape index (κ3) is 7.29. The van der Waals surface area contributed by atoms with Crippen molar-refractivity contribution in [1.29, 1.82) is 0 Å². The molecule has 4 rings (SSSR count). The van der Waals surface area contributed by atoms with Crippen LogP contribution in [0.25, 0.3) is 10.9 Å². The molecule has 204 valence electrons. The van der Waals surface area contributed by atoms with Crippen LogP contribution in [0.4, 0.5) is 0 Å². The van der Waals surface area contributed by atoms with Crippen LogP contribution < -0.4 is 21.7 Å². The number of nitrogens with one attached hydrogen (secondary N) is 6. The smallest absolute Gasteiger partial charge is 0.322 e. The summed E-state index contributed by atoms with van der Waals surface area (Å²) in [5.41, 5.74) is 8.94. The number of aromatic amines is 3. The Morgan fingerprint density at radius 1 is 0.846 bits per heavy atom. The molecular weight excluding hydrogens is 506 g/mol. The van der Waals surface area contributed by atoms with Crippen LogP contribution in [0, 0.1) is 0 Å². The van der Waals surface area contributed by atoms with E-state index in [1.165, 1.54) is 18.9 Å². The minimum absolute atomic E-state index is 0.0181. The number of imidazole rings is 2. The Bertz CT molecular complexity index is 1410. The molecule has 3 amide bonds. The maximum absolute atomic E-state index is 13.5. The molecule has 3 atom stereocenters. The molecule has 1 aromatic carbocycles. The van der Waals surface area contributed by atoms with E-state index >= 15 is 0 Å². The predicted molar refractivity (Wildman–Crippen MR) is 139 cm³/mol. The molecule has 39 heavy (non-hydrogen) atoms. The first-order chi connectivity index (χ1) is 18.8. The third-order valence-corrected chi connectivity index (χ3v) is 6.09. The number of nitrogens with zero attached hydrogens (tertiary/aromatic N) is 2. The van der Waals surface area contributed by atoms with Crippen LogP contribution >= 0.6 is 0 Å². The van der Waals surface area contributed by atoms with E-state index in [0.29, 0.717) is 11.4 Å². The van der Waals surface area contributed by atoms with Crippen molar-refractivity contribution in [2.24, 2.45) is 5.73 Å². The zero-order chi connectivity index (χ0) is 27.8. The standard InChI is InChI=1S/C25H29N9O5/c26-18(6-15-9-27-12-31-15)23(37)33-20(5-14-8-29-19-4-2-1-3-17(14)19)25(39)34-21(7-16-10-28-13-32-16)24(38)30-11-22(35)36/h1-4,8-10,12-13,18,20-21,29H,5-7,11,26H2,(H,27,31)(H,28,32)(H,30,38)(H,33,37)(H,34,39)(H,35,36). The Hall–Kier alpha value is -4.98. The van der Waals surface area contributed by atoms with E-state index in [-0.39, 0.29) is 19.3 Å². The van der Waals surface area contributed by atoms with Crippen molar-refractivity contribution < 1.29 is 24.3 Å². The lowest BCUT2D eigenvalue weighted by molar-refractivity contribution is -0.138. The first-order valence-electron chi connectivity index (χ1n) is 12.2. The van der Waals surface area contributed by atoms with Crippen LogP contribution in [0.1, 0.15) is 17.0 Å². The Labute approximate surface area is 222 Å². The van der Waals surface area contributed by atoms with Crippen LogP contribution in [-0.2, 0) is 38.4 Å². The minimum atomic E-state index is -1.23. The van der Waals surface area contributed by atoms with Gasteiger partial charge in [-0.25, -0.2) is 9.97 Å². The van der Waals surface area contributed by atoms with Gasteiger partial charge in [-0.3, -0.25) is 19.2 Å². The van der Waals surface area contributed by atoms with Crippen molar-refractivity contribution in [3.8, 4) is 0 Å². The molecule has 3 unspecified atom stereocenters. The van der Waals surface area contributed by atoms with E-state index in [0.717, 1.165) is 16.5 Å². The lowest BCUT2D eigenvalue weighted by Crippen LogP contribution is -2.57. The molecule has 9 N–H and O–H groups in total. The van der Waals surface area contributed by atoms with Crippen molar-refractivity contribution in [1.82, 2.24) is 40.9 Å². The normalized spacial score (nSPS) is 13.4. The monoisotopic (exact) mass is 535 g/mol. The van der Waals surface area contributed by atoms with E-state index in [1.807, 2.05) is 24.3 Å². The lowest BCUT2D eigenvalue weighted by Gasteiger charge is -2.24. The van der Waals surface area contributed by atoms with Gasteiger partial charge in [0.1, 0.15) is 18.6 Å². The van der Waals surface area contributed by atoms with Gasteiger partial charge >= 0.3 is 5.97 Å². The van der Waals surface area contributed by atoms with Crippen LogP contribution in [0.2, 0.25) is 0 Å². The fraction of sp³-hybridized carbons (Fsp3) is 0.280. The second-order valence-corrected chi connectivity index (χ2v) is 8.97. The largest absolute Gasteiger partial charge is 0.480 e. The first kappa shape index (κ1) is 27.1. The summed E-state index contributed by atoms with van der Waals surface area (Å²) in [6, 6.07) is 4.31. The number of benzene rings is 1. The molecule has 4 aromatic rings. The zero-order valence-electron chi connectivity index (χ0n) is 20.8. The Balaban J connectivity index is 1.54. The summed E-state index contributed by atoms with van der Waals surface area (Å²) >= 11 is 0. The highest BCUT2D eigenvalue weighted by Crippen LogP contribution is 2.19. The van der Waals surface area contributed by atoms with Gasteiger partial charge in [0.2, 0.25) is 17.7 Å². The van der Waals surface area contributed by atoms with E-state index in [9.17, 15) is 19.2 Å². The van der Waals surface area contributed by atoms with Gasteiger partial charge in [0, 0.05) is 60.1 Å². The van der Waals surface area contributed by atoms with E-state index in [1.54, 1.807) is 12.4 Å². The predicted octanol–water partition coefficient (Wildman–Crippen LogP) is -0.860. The fourth-order valence-corrected chi connectivity index (χ4v) is 4.12. The van der Waals surface area contributed by atoms with Crippen LogP contribution in [0.3, 0.4) is 0 Å². The molecule has 0 aliphatic rings. The maximum Gasteiger partial charge on any atom is 0.322 e. The van der Waals surface area contributed by atoms with E-state index in [2.05, 4.69) is 40.9 Å². The number of aromatic nitrogens is 5. The van der Waals surface area contributed by atoms with Crippen LogP contribution in [-0.4, -0.2) is 78.4 Å². The Morgan fingerprint density at radius 2 is 1.49 bits per heavy atom.